The van der Waals surface area contributed by atoms with Crippen LogP contribution in [0.15, 0.2) is 23.8 Å². The summed E-state index contributed by atoms with van der Waals surface area (Å²) >= 11 is 0. The summed E-state index contributed by atoms with van der Waals surface area (Å²) in [6, 6.07) is 7.58. The van der Waals surface area contributed by atoms with Gasteiger partial charge in [-0.2, -0.15) is 5.26 Å². The van der Waals surface area contributed by atoms with Gasteiger partial charge in [0.05, 0.1) is 11.3 Å². The largest absolute Gasteiger partial charge is 0.398 e. The SMILES string of the molecule is CC(C)=Cc1cccc(N)c1C#N. The number of nitriles is 1. The summed E-state index contributed by atoms with van der Waals surface area (Å²) in [5.41, 5.74) is 8.80. The highest BCUT2D eigenvalue weighted by Crippen LogP contribution is 2.18. The van der Waals surface area contributed by atoms with Crippen molar-refractivity contribution >= 4 is 11.8 Å². The van der Waals surface area contributed by atoms with E-state index in [1.54, 1.807) is 6.07 Å². The zero-order valence-electron chi connectivity index (χ0n) is 7.83. The Balaban J connectivity index is 3.31. The normalized spacial score (nSPS) is 9.00. The van der Waals surface area contributed by atoms with Crippen LogP contribution in [-0.2, 0) is 0 Å². The van der Waals surface area contributed by atoms with E-state index in [4.69, 9.17) is 11.0 Å². The number of hydrogen-bond donors (Lipinski definition) is 1. The van der Waals surface area contributed by atoms with Crippen LogP contribution in [0.5, 0.6) is 0 Å². The maximum atomic E-state index is 8.85. The zero-order valence-corrected chi connectivity index (χ0v) is 7.83. The van der Waals surface area contributed by atoms with Gasteiger partial charge in [0.25, 0.3) is 0 Å². The van der Waals surface area contributed by atoms with Crippen LogP contribution >= 0.6 is 0 Å². The summed E-state index contributed by atoms with van der Waals surface area (Å²) in [5, 5.41) is 8.85. The van der Waals surface area contributed by atoms with E-state index in [1.165, 1.54) is 0 Å². The molecule has 0 atom stereocenters. The van der Waals surface area contributed by atoms with Crippen molar-refractivity contribution in [3.05, 3.63) is 34.9 Å². The molecule has 1 rings (SSSR count). The van der Waals surface area contributed by atoms with Gasteiger partial charge in [-0.1, -0.05) is 23.8 Å². The Morgan fingerprint density at radius 2 is 2.15 bits per heavy atom. The number of nitrogens with zero attached hydrogens (tertiary/aromatic N) is 1. The van der Waals surface area contributed by atoms with Crippen LogP contribution in [0, 0.1) is 11.3 Å². The van der Waals surface area contributed by atoms with Gasteiger partial charge < -0.3 is 5.73 Å². The van der Waals surface area contributed by atoms with E-state index in [-0.39, 0.29) is 0 Å². The molecule has 0 aromatic heterocycles. The number of rotatable bonds is 1. The number of hydrogen-bond acceptors (Lipinski definition) is 2. The lowest BCUT2D eigenvalue weighted by atomic mass is 10.0. The van der Waals surface area contributed by atoms with Crippen molar-refractivity contribution in [1.82, 2.24) is 0 Å². The Hall–Kier alpha value is -1.75. The molecule has 0 unspecified atom stereocenters. The molecule has 2 nitrogen and oxygen atoms in total. The van der Waals surface area contributed by atoms with Crippen LogP contribution in [0.4, 0.5) is 5.69 Å². The zero-order chi connectivity index (χ0) is 9.84. The summed E-state index contributed by atoms with van der Waals surface area (Å²) < 4.78 is 0. The molecule has 2 N–H and O–H groups in total. The number of allylic oxidation sites excluding steroid dienone is 1. The fourth-order valence-electron chi connectivity index (χ4n) is 1.15. The lowest BCUT2D eigenvalue weighted by Gasteiger charge is -2.01. The van der Waals surface area contributed by atoms with E-state index in [0.29, 0.717) is 11.3 Å². The van der Waals surface area contributed by atoms with Crippen LogP contribution in [-0.4, -0.2) is 0 Å². The minimum absolute atomic E-state index is 0.539. The third-order valence-electron chi connectivity index (χ3n) is 1.68. The molecule has 13 heavy (non-hydrogen) atoms. The molecule has 0 fully saturated rings. The highest BCUT2D eigenvalue weighted by atomic mass is 14.6. The van der Waals surface area contributed by atoms with Gasteiger partial charge in [0.2, 0.25) is 0 Å². The summed E-state index contributed by atoms with van der Waals surface area (Å²) in [5.74, 6) is 0. The van der Waals surface area contributed by atoms with Crippen molar-refractivity contribution in [2.75, 3.05) is 5.73 Å². The van der Waals surface area contributed by atoms with Gasteiger partial charge in [0.1, 0.15) is 6.07 Å². The summed E-state index contributed by atoms with van der Waals surface area (Å²) in [4.78, 5) is 0. The quantitative estimate of drug-likeness (QED) is 0.662. The maximum Gasteiger partial charge on any atom is 0.102 e. The standard InChI is InChI=1S/C11H12N2/c1-8(2)6-9-4-3-5-11(13)10(9)7-12/h3-6H,13H2,1-2H3. The van der Waals surface area contributed by atoms with Crippen LogP contribution in [0.3, 0.4) is 0 Å². The van der Waals surface area contributed by atoms with Gasteiger partial charge in [-0.05, 0) is 25.5 Å². The molecule has 0 saturated heterocycles. The molecule has 0 radical (unpaired) electrons. The fourth-order valence-corrected chi connectivity index (χ4v) is 1.15. The van der Waals surface area contributed by atoms with Gasteiger partial charge in [-0.25, -0.2) is 0 Å². The van der Waals surface area contributed by atoms with Gasteiger partial charge in [-0.15, -0.1) is 0 Å². The smallest absolute Gasteiger partial charge is 0.102 e. The molecule has 66 valence electrons. The van der Waals surface area contributed by atoms with Gasteiger partial charge in [-0.3, -0.25) is 0 Å². The van der Waals surface area contributed by atoms with Crippen molar-refractivity contribution in [3.8, 4) is 6.07 Å². The van der Waals surface area contributed by atoms with Crippen LogP contribution in [0.25, 0.3) is 6.08 Å². The van der Waals surface area contributed by atoms with Crippen LogP contribution in [0.1, 0.15) is 25.0 Å². The van der Waals surface area contributed by atoms with Crippen LogP contribution < -0.4 is 5.73 Å². The van der Waals surface area contributed by atoms with E-state index in [9.17, 15) is 0 Å². The molecule has 1 aromatic carbocycles. The molecule has 1 aromatic rings. The van der Waals surface area contributed by atoms with Crippen molar-refractivity contribution in [2.45, 2.75) is 13.8 Å². The van der Waals surface area contributed by atoms with Crippen molar-refractivity contribution < 1.29 is 0 Å². The second-order valence-corrected chi connectivity index (χ2v) is 3.14. The van der Waals surface area contributed by atoms with Gasteiger partial charge >= 0.3 is 0 Å². The van der Waals surface area contributed by atoms with Crippen molar-refractivity contribution in [3.63, 3.8) is 0 Å². The molecule has 0 amide bonds. The van der Waals surface area contributed by atoms with E-state index >= 15 is 0 Å². The predicted molar refractivity (Wildman–Crippen MR) is 54.9 cm³/mol. The number of nitrogens with two attached hydrogens (primary N) is 1. The molecule has 0 aliphatic rings. The first-order valence-electron chi connectivity index (χ1n) is 4.08. The minimum Gasteiger partial charge on any atom is -0.398 e. The first-order valence-corrected chi connectivity index (χ1v) is 4.08. The maximum absolute atomic E-state index is 8.85. The Morgan fingerprint density at radius 1 is 1.46 bits per heavy atom. The minimum atomic E-state index is 0.539. The molecular formula is C11H12N2. The second-order valence-electron chi connectivity index (χ2n) is 3.14. The highest BCUT2D eigenvalue weighted by Gasteiger charge is 2.01. The number of anilines is 1. The topological polar surface area (TPSA) is 49.8 Å². The van der Waals surface area contributed by atoms with Crippen LogP contribution in [0.2, 0.25) is 0 Å². The first kappa shape index (κ1) is 9.34. The number of nitrogen functional groups attached to an aromatic ring is 1. The summed E-state index contributed by atoms with van der Waals surface area (Å²) in [7, 11) is 0. The van der Waals surface area contributed by atoms with E-state index < -0.39 is 0 Å². The first-order chi connectivity index (χ1) is 6.15. The molecular weight excluding hydrogens is 160 g/mol. The lowest BCUT2D eigenvalue weighted by molar-refractivity contribution is 1.41. The Bertz CT molecular complexity index is 380. The van der Waals surface area contributed by atoms with Crippen molar-refractivity contribution in [2.24, 2.45) is 0 Å². The fraction of sp³-hybridized carbons (Fsp3) is 0.182. The molecule has 2 heteroatoms. The molecule has 0 saturated carbocycles. The molecule has 0 aliphatic heterocycles. The average molecular weight is 172 g/mol. The third kappa shape index (κ3) is 2.09. The van der Waals surface area contributed by atoms with Gasteiger partial charge in [0.15, 0.2) is 0 Å². The molecule has 0 heterocycles. The molecule has 0 bridgehead atoms. The van der Waals surface area contributed by atoms with Gasteiger partial charge in [0, 0.05) is 0 Å². The monoisotopic (exact) mass is 172 g/mol. The predicted octanol–water partition coefficient (Wildman–Crippen LogP) is 2.56. The summed E-state index contributed by atoms with van der Waals surface area (Å²) in [6.45, 7) is 3.98. The third-order valence-corrected chi connectivity index (χ3v) is 1.68. The van der Waals surface area contributed by atoms with E-state index in [1.807, 2.05) is 32.1 Å². The average Bonchev–Trinajstić information content (AvgIpc) is 2.03. The van der Waals surface area contributed by atoms with E-state index in [0.717, 1.165) is 11.1 Å². The molecule has 0 spiro atoms. The molecule has 0 aliphatic carbocycles. The highest BCUT2D eigenvalue weighted by molar-refractivity contribution is 5.68. The Kier molecular flexibility index (Phi) is 2.71. The summed E-state index contributed by atoms with van der Waals surface area (Å²) in [6.07, 6.45) is 1.95. The number of benzene rings is 1. The lowest BCUT2D eigenvalue weighted by Crippen LogP contribution is -1.92. The van der Waals surface area contributed by atoms with E-state index in [2.05, 4.69) is 6.07 Å². The van der Waals surface area contributed by atoms with Crippen molar-refractivity contribution in [1.29, 1.82) is 5.26 Å². The Labute approximate surface area is 78.3 Å². The Morgan fingerprint density at radius 3 is 2.69 bits per heavy atom. The second kappa shape index (κ2) is 3.77.